The molecular formula is C36H32F4N6O6. The number of anilines is 1. The summed E-state index contributed by atoms with van der Waals surface area (Å²) in [5.41, 5.74) is 12.0. The molecule has 3 aromatic carbocycles. The molecule has 3 amide bonds. The Balaban J connectivity index is 1.50. The van der Waals surface area contributed by atoms with Crippen LogP contribution in [0.4, 0.5) is 23.2 Å². The highest BCUT2D eigenvalue weighted by atomic mass is 19.2. The number of nitrogen functional groups attached to an aromatic ring is 1. The van der Waals surface area contributed by atoms with Crippen LogP contribution in [-0.4, -0.2) is 60.1 Å². The first-order valence-corrected chi connectivity index (χ1v) is 15.8. The lowest BCUT2D eigenvalue weighted by atomic mass is 9.80. The number of nitrogens with one attached hydrogen (secondary N) is 1. The number of hydrogen-bond acceptors (Lipinski definition) is 9. The number of carbonyl (C=O) groups excluding carboxylic acids is 3. The van der Waals surface area contributed by atoms with E-state index in [-0.39, 0.29) is 75.8 Å². The Morgan fingerprint density at radius 3 is 2.44 bits per heavy atom. The second-order valence-electron chi connectivity index (χ2n) is 12.8. The Morgan fingerprint density at radius 1 is 1.10 bits per heavy atom. The van der Waals surface area contributed by atoms with Crippen LogP contribution in [0, 0.1) is 17.5 Å². The highest BCUT2D eigenvalue weighted by Crippen LogP contribution is 2.47. The summed E-state index contributed by atoms with van der Waals surface area (Å²) >= 11 is 0. The van der Waals surface area contributed by atoms with Crippen LogP contribution in [0.15, 0.2) is 59.6 Å². The lowest BCUT2D eigenvalue weighted by Crippen LogP contribution is -2.43. The molecule has 1 fully saturated rings. The van der Waals surface area contributed by atoms with Crippen molar-refractivity contribution in [3.8, 4) is 22.8 Å². The predicted molar refractivity (Wildman–Crippen MR) is 180 cm³/mol. The second kappa shape index (κ2) is 12.9. The molecule has 1 aromatic heterocycles. The van der Waals surface area contributed by atoms with Gasteiger partial charge in [-0.1, -0.05) is 12.1 Å². The minimum atomic E-state index is -2.43. The van der Waals surface area contributed by atoms with Crippen LogP contribution in [0.25, 0.3) is 11.3 Å². The number of aliphatic imine (C=N–C) groups is 1. The second-order valence-corrected chi connectivity index (χ2v) is 12.8. The largest absolute Gasteiger partial charge is 0.495 e. The summed E-state index contributed by atoms with van der Waals surface area (Å²) in [5, 5.41) is 15.1. The number of primary amides is 2. The van der Waals surface area contributed by atoms with E-state index in [0.29, 0.717) is 12.1 Å². The monoisotopic (exact) mass is 720 g/mol. The number of aromatic nitrogens is 1. The highest BCUT2D eigenvalue weighted by Gasteiger charge is 2.46. The van der Waals surface area contributed by atoms with Crippen LogP contribution in [-0.2, 0) is 15.8 Å². The average molecular weight is 721 g/mol. The van der Waals surface area contributed by atoms with Gasteiger partial charge >= 0.3 is 0 Å². The topological polar surface area (TPSA) is 205 Å². The molecule has 1 aliphatic heterocycles. The van der Waals surface area contributed by atoms with Gasteiger partial charge in [-0.2, -0.15) is 0 Å². The standard InChI is InChI=1S/C36H32F4N6O6/c1-34(33(43)49)16-52-30-23(34)13-27(46-29(30)21-11-24(38)25(39)12-22(21)31(42)47)36(50,19-4-3-5-20(37)10-19)15-44-32(48)17-8-18(14-45-35(40)6-7-35)28(41)26(9-17)51-2/h3-5,8-14,50H,6-7,15-16,41H2,1-2H3,(H2,42,47)(H2,43,49)(H,44,48)/b45-14+/t34-,36+/m0/s1. The summed E-state index contributed by atoms with van der Waals surface area (Å²) in [4.78, 5) is 47.3. The lowest BCUT2D eigenvalue weighted by Gasteiger charge is -2.30. The normalized spacial score (nSPS) is 18.3. The molecule has 1 aliphatic carbocycles. The minimum Gasteiger partial charge on any atom is -0.495 e. The van der Waals surface area contributed by atoms with Gasteiger partial charge in [0.25, 0.3) is 5.91 Å². The van der Waals surface area contributed by atoms with Gasteiger partial charge in [0.15, 0.2) is 17.4 Å². The number of benzene rings is 3. The highest BCUT2D eigenvalue weighted by molar-refractivity contribution is 6.01. The number of amides is 3. The van der Waals surface area contributed by atoms with Gasteiger partial charge in [0, 0.05) is 41.3 Å². The molecule has 4 aromatic rings. The van der Waals surface area contributed by atoms with Crippen LogP contribution < -0.4 is 32.0 Å². The first-order chi connectivity index (χ1) is 24.5. The van der Waals surface area contributed by atoms with Gasteiger partial charge in [-0.3, -0.25) is 19.4 Å². The van der Waals surface area contributed by atoms with Gasteiger partial charge in [0.1, 0.15) is 40.6 Å². The van der Waals surface area contributed by atoms with Crippen molar-refractivity contribution in [3.63, 3.8) is 0 Å². The molecule has 2 aliphatic rings. The van der Waals surface area contributed by atoms with Gasteiger partial charge < -0.3 is 37.1 Å². The molecule has 2 atom stereocenters. The molecule has 270 valence electrons. The molecule has 16 heteroatoms. The van der Waals surface area contributed by atoms with Crippen LogP contribution in [0.2, 0.25) is 0 Å². The number of nitrogens with zero attached hydrogens (tertiary/aromatic N) is 2. The van der Waals surface area contributed by atoms with Crippen molar-refractivity contribution in [1.29, 1.82) is 0 Å². The third-order valence-corrected chi connectivity index (χ3v) is 9.18. The SMILES string of the molecule is COc1cc(C(=O)NC[C@@](O)(c2cccc(F)c2)c2cc3c(c(-c4cc(F)c(F)cc4C(N)=O)n2)OC[C@]3(C)C(N)=O)cc(/C=N/C2(F)CC2)c1N. The number of carbonyl (C=O) groups is 3. The van der Waals surface area contributed by atoms with Crippen molar-refractivity contribution in [2.75, 3.05) is 26.0 Å². The van der Waals surface area contributed by atoms with Crippen LogP contribution in [0.1, 0.15) is 62.9 Å². The van der Waals surface area contributed by atoms with Gasteiger partial charge in [0.05, 0.1) is 30.6 Å². The van der Waals surface area contributed by atoms with Crippen molar-refractivity contribution in [3.05, 3.63) is 106 Å². The Hall–Kier alpha value is -6.03. The third-order valence-electron chi connectivity index (χ3n) is 9.18. The Bertz CT molecular complexity index is 2200. The summed E-state index contributed by atoms with van der Waals surface area (Å²) in [7, 11) is 1.31. The number of pyridine rings is 1. The molecule has 0 saturated heterocycles. The smallest absolute Gasteiger partial charge is 0.251 e. The van der Waals surface area contributed by atoms with E-state index < -0.39 is 64.1 Å². The van der Waals surface area contributed by atoms with E-state index in [1.807, 2.05) is 0 Å². The summed E-state index contributed by atoms with van der Waals surface area (Å²) in [6, 6.07) is 9.81. The van der Waals surface area contributed by atoms with E-state index in [9.17, 15) is 37.1 Å². The molecule has 6 rings (SSSR count). The van der Waals surface area contributed by atoms with E-state index in [2.05, 4.69) is 15.3 Å². The van der Waals surface area contributed by atoms with Gasteiger partial charge in [-0.15, -0.1) is 0 Å². The molecule has 0 bridgehead atoms. The first kappa shape index (κ1) is 35.8. The quantitative estimate of drug-likeness (QED) is 0.0669. The summed E-state index contributed by atoms with van der Waals surface area (Å²) in [6.45, 7) is 0.384. The zero-order valence-electron chi connectivity index (χ0n) is 27.7. The van der Waals surface area contributed by atoms with E-state index >= 15 is 0 Å². The van der Waals surface area contributed by atoms with Crippen molar-refractivity contribution < 1.29 is 46.5 Å². The van der Waals surface area contributed by atoms with Crippen molar-refractivity contribution in [2.45, 2.75) is 36.6 Å². The Kier molecular flexibility index (Phi) is 8.90. The number of methoxy groups -OCH3 is 1. The van der Waals surface area contributed by atoms with E-state index in [4.69, 9.17) is 26.7 Å². The zero-order valence-corrected chi connectivity index (χ0v) is 27.7. The van der Waals surface area contributed by atoms with E-state index in [0.717, 1.165) is 12.1 Å². The van der Waals surface area contributed by atoms with Crippen molar-refractivity contribution in [2.24, 2.45) is 16.5 Å². The maximum Gasteiger partial charge on any atom is 0.251 e. The number of rotatable bonds is 11. The number of aliphatic hydroxyl groups is 1. The predicted octanol–water partition coefficient (Wildman–Crippen LogP) is 3.54. The van der Waals surface area contributed by atoms with Crippen molar-refractivity contribution in [1.82, 2.24) is 10.3 Å². The van der Waals surface area contributed by atoms with Gasteiger partial charge in [-0.25, -0.2) is 22.5 Å². The van der Waals surface area contributed by atoms with Crippen molar-refractivity contribution >= 4 is 29.6 Å². The summed E-state index contributed by atoms with van der Waals surface area (Å²) in [5.74, 6) is -8.17. The minimum absolute atomic E-state index is 0.0369. The molecule has 52 heavy (non-hydrogen) atoms. The number of hydrogen-bond donors (Lipinski definition) is 5. The fourth-order valence-electron chi connectivity index (χ4n) is 5.80. The molecular weight excluding hydrogens is 688 g/mol. The average Bonchev–Trinajstić information content (AvgIpc) is 3.75. The van der Waals surface area contributed by atoms with Gasteiger partial charge in [-0.05, 0) is 55.0 Å². The molecule has 2 heterocycles. The first-order valence-electron chi connectivity index (χ1n) is 15.8. The maximum absolute atomic E-state index is 14.7. The fourth-order valence-corrected chi connectivity index (χ4v) is 5.80. The number of fused-ring (bicyclic) bond motifs is 1. The third kappa shape index (κ3) is 6.36. The molecule has 0 radical (unpaired) electrons. The number of halogens is 4. The Morgan fingerprint density at radius 2 is 1.81 bits per heavy atom. The lowest BCUT2D eigenvalue weighted by molar-refractivity contribution is -0.123. The van der Waals surface area contributed by atoms with Crippen LogP contribution >= 0.6 is 0 Å². The fraction of sp³-hybridized carbons (Fsp3) is 0.250. The summed E-state index contributed by atoms with van der Waals surface area (Å²) in [6.07, 6.45) is 1.67. The summed E-state index contributed by atoms with van der Waals surface area (Å²) < 4.78 is 69.2. The zero-order chi connectivity index (χ0) is 37.7. The number of ether oxygens (including phenoxy) is 2. The molecule has 0 unspecified atom stereocenters. The Labute approximate surface area is 293 Å². The van der Waals surface area contributed by atoms with E-state index in [1.165, 1.54) is 50.6 Å². The maximum atomic E-state index is 14.7. The molecule has 0 spiro atoms. The molecule has 12 nitrogen and oxygen atoms in total. The van der Waals surface area contributed by atoms with Crippen LogP contribution in [0.5, 0.6) is 11.5 Å². The molecule has 1 saturated carbocycles. The number of nitrogens with two attached hydrogens (primary N) is 3. The van der Waals surface area contributed by atoms with Gasteiger partial charge in [0.2, 0.25) is 11.8 Å². The van der Waals surface area contributed by atoms with E-state index in [1.54, 1.807) is 0 Å². The van der Waals surface area contributed by atoms with Crippen LogP contribution in [0.3, 0.4) is 0 Å². The molecule has 8 N–H and O–H groups in total. The number of alkyl halides is 1.